The lowest BCUT2D eigenvalue weighted by molar-refractivity contribution is -0.286. The fraction of sp³-hybridized carbons (Fsp3) is 0.464. The Balaban J connectivity index is 1.61. The van der Waals surface area contributed by atoms with Gasteiger partial charge in [0.2, 0.25) is 0 Å². The van der Waals surface area contributed by atoms with Crippen molar-refractivity contribution in [3.05, 3.63) is 59.0 Å². The van der Waals surface area contributed by atoms with Crippen molar-refractivity contribution in [2.24, 2.45) is 0 Å². The third kappa shape index (κ3) is 4.48. The molecule has 6 nitrogen and oxygen atoms in total. The zero-order valence-corrected chi connectivity index (χ0v) is 20.0. The number of Topliss-reactive ketones (excluding diaryl/α,β-unsaturated/α-hetero) is 1. The van der Waals surface area contributed by atoms with E-state index < -0.39 is 85.5 Å². The van der Waals surface area contributed by atoms with Gasteiger partial charge in [-0.3, -0.25) is 4.79 Å². The Morgan fingerprint density at radius 1 is 1.27 bits per heavy atom. The second kappa shape index (κ2) is 8.77. The van der Waals surface area contributed by atoms with Crippen LogP contribution in [0.3, 0.4) is 0 Å². The van der Waals surface area contributed by atoms with Gasteiger partial charge in [-0.1, -0.05) is 26.8 Å². The number of hydrogen-bond donors (Lipinski definition) is 2. The number of carbonyl (C=O) groups excluding carboxylic acids is 1. The average molecular weight is 526 g/mol. The molecule has 2 N–H and O–H groups in total. The first-order valence-corrected chi connectivity index (χ1v) is 11.6. The van der Waals surface area contributed by atoms with Crippen LogP contribution in [-0.2, 0) is 28.6 Å². The molecule has 1 aromatic heterocycles. The number of aliphatic hydroxyl groups excluding tert-OH is 1. The van der Waals surface area contributed by atoms with Crippen LogP contribution < -0.4 is 9.47 Å². The van der Waals surface area contributed by atoms with E-state index in [9.17, 15) is 23.8 Å². The third-order valence-electron chi connectivity index (χ3n) is 6.84. The lowest BCUT2D eigenvalue weighted by Crippen LogP contribution is -2.26. The Morgan fingerprint density at radius 3 is 2.65 bits per heavy atom. The summed E-state index contributed by atoms with van der Waals surface area (Å²) in [6.45, 7) is -1.17. The number of hydrogen-bond acceptors (Lipinski definition) is 5. The molecule has 1 aliphatic heterocycles. The van der Waals surface area contributed by atoms with E-state index in [4.69, 9.17) is 11.0 Å². The largest absolute Gasteiger partial charge is 0.586 e. The summed E-state index contributed by atoms with van der Waals surface area (Å²) in [6, 6.07) is 6.54. The summed E-state index contributed by atoms with van der Waals surface area (Å²) in [7, 11) is 0. The molecule has 1 saturated carbocycles. The predicted octanol–water partition coefficient (Wildman–Crippen LogP) is 4.99. The van der Waals surface area contributed by atoms with Crippen molar-refractivity contribution >= 4 is 16.7 Å². The molecule has 0 radical (unpaired) electrons. The normalized spacial score (nSPS) is 26.7. The number of nitrogens with zero attached hydrogens (tertiary/aromatic N) is 1. The van der Waals surface area contributed by atoms with Crippen molar-refractivity contribution in [1.82, 2.24) is 4.57 Å². The quantitative estimate of drug-likeness (QED) is 0.412. The van der Waals surface area contributed by atoms with Crippen LogP contribution in [0.25, 0.3) is 10.9 Å². The number of rotatable bonds is 9. The summed E-state index contributed by atoms with van der Waals surface area (Å²) in [6.07, 6.45) is -12.9. The van der Waals surface area contributed by atoms with Gasteiger partial charge in [-0.2, -0.15) is 0 Å². The van der Waals surface area contributed by atoms with Crippen LogP contribution in [-0.4, -0.2) is 39.5 Å². The molecule has 198 valence electrons. The molecule has 1 unspecified atom stereocenters. The zero-order valence-electron chi connectivity index (χ0n) is 28.0. The van der Waals surface area contributed by atoms with Gasteiger partial charge in [0.1, 0.15) is 11.6 Å². The third-order valence-corrected chi connectivity index (χ3v) is 6.84. The second-order valence-electron chi connectivity index (χ2n) is 9.46. The molecule has 1 aliphatic carbocycles. The molecule has 37 heavy (non-hydrogen) atoms. The van der Waals surface area contributed by atoms with Gasteiger partial charge in [-0.15, -0.1) is 8.78 Å². The van der Waals surface area contributed by atoms with E-state index in [-0.39, 0.29) is 34.1 Å². The molecule has 5 rings (SSSR count). The van der Waals surface area contributed by atoms with E-state index in [0.29, 0.717) is 0 Å². The van der Waals surface area contributed by atoms with Crippen LogP contribution in [0, 0.1) is 5.82 Å². The summed E-state index contributed by atoms with van der Waals surface area (Å²) < 4.78 is 119. The number of ether oxygens (including phenoxy) is 2. The highest BCUT2D eigenvalue weighted by Gasteiger charge is 2.52. The standard InChI is InChI=1S/C28H30F3NO5/c1-4-26(2,3)24-10-17-9-16(20(29)13-21(17)32(24)14-19(34)15-33)11-25(35)27(7-8-27)18-5-6-22-23(12-18)37-28(30,31)36-22/h5-6,9-10,12-13,19,33-34H,4,7-8,11,14-15H2,1-3H3/t19-/m0/s1/i2D3,7D2,8D2,19D/t19-,26?. The maximum atomic E-state index is 15.7. The highest BCUT2D eigenvalue weighted by molar-refractivity contribution is 5.95. The van der Waals surface area contributed by atoms with Gasteiger partial charge in [0.05, 0.1) is 31.5 Å². The SMILES string of the molecule is [2H]C([2H])([2H])C(C)(CC)c1cc2cc(CC(=O)C3(c4ccc5c(c4)OC(F)(F)O5)C([2H])([2H])C3([2H])[2H])c(F)cc2n1C[C@]([2H])(O)CO. The molecule has 3 aromatic rings. The number of alkyl halides is 2. The molecule has 2 heterocycles. The molecule has 0 bridgehead atoms. The minimum atomic E-state index is -4.02. The summed E-state index contributed by atoms with van der Waals surface area (Å²) >= 11 is 0. The van der Waals surface area contributed by atoms with Gasteiger partial charge in [0, 0.05) is 32.5 Å². The van der Waals surface area contributed by atoms with E-state index in [1.165, 1.54) is 23.6 Å². The summed E-state index contributed by atoms with van der Waals surface area (Å²) in [5.74, 6) is -3.03. The predicted molar refractivity (Wildman–Crippen MR) is 131 cm³/mol. The molecule has 1 fully saturated rings. The highest BCUT2D eigenvalue weighted by atomic mass is 19.3. The average Bonchev–Trinajstić information content (AvgIpc) is 3.20. The summed E-state index contributed by atoms with van der Waals surface area (Å²) in [5, 5.41) is 20.1. The minimum absolute atomic E-state index is 0.0465. The molecule has 2 aliphatic rings. The first kappa shape index (κ1) is 17.5. The number of ketones is 1. The van der Waals surface area contributed by atoms with Crippen LogP contribution in [0.4, 0.5) is 13.2 Å². The Bertz CT molecular complexity index is 1690. The van der Waals surface area contributed by atoms with E-state index in [1.807, 2.05) is 0 Å². The van der Waals surface area contributed by atoms with Crippen molar-refractivity contribution < 1.29 is 48.6 Å². The number of carbonyl (C=O) groups is 1. The maximum absolute atomic E-state index is 15.7. The molecular formula is C28H30F3NO5. The Kier molecular flexibility index (Phi) is 4.14. The van der Waals surface area contributed by atoms with Gasteiger partial charge in [-0.05, 0) is 60.6 Å². The van der Waals surface area contributed by atoms with Crippen molar-refractivity contribution in [2.75, 3.05) is 6.61 Å². The topological polar surface area (TPSA) is 80.9 Å². The van der Waals surface area contributed by atoms with Gasteiger partial charge < -0.3 is 24.3 Å². The second-order valence-corrected chi connectivity index (χ2v) is 9.46. The van der Waals surface area contributed by atoms with Crippen molar-refractivity contribution in [3.63, 3.8) is 0 Å². The van der Waals surface area contributed by atoms with Crippen LogP contribution in [0.1, 0.15) is 67.7 Å². The molecule has 0 saturated heterocycles. The van der Waals surface area contributed by atoms with Gasteiger partial charge in [-0.25, -0.2) is 4.39 Å². The highest BCUT2D eigenvalue weighted by Crippen LogP contribution is 2.52. The number of aliphatic hydroxyl groups is 2. The number of halogens is 3. The Hall–Kier alpha value is -3.04. The molecule has 0 spiro atoms. The Morgan fingerprint density at radius 2 is 2.00 bits per heavy atom. The number of benzene rings is 2. The molecule has 9 heteroatoms. The van der Waals surface area contributed by atoms with Crippen LogP contribution in [0.5, 0.6) is 11.5 Å². The first-order valence-electron chi connectivity index (χ1n) is 15.6. The van der Waals surface area contributed by atoms with Crippen molar-refractivity contribution in [3.8, 4) is 11.5 Å². The zero-order chi connectivity index (χ0) is 33.8. The maximum Gasteiger partial charge on any atom is 0.586 e. The molecular weight excluding hydrogens is 487 g/mol. The van der Waals surface area contributed by atoms with Crippen molar-refractivity contribution in [2.45, 2.75) is 76.0 Å². The van der Waals surface area contributed by atoms with Crippen LogP contribution in [0.15, 0.2) is 36.4 Å². The fourth-order valence-corrected chi connectivity index (χ4v) is 4.50. The van der Waals surface area contributed by atoms with Crippen molar-refractivity contribution in [1.29, 1.82) is 0 Å². The van der Waals surface area contributed by atoms with Crippen LogP contribution >= 0.6 is 0 Å². The first-order chi connectivity index (χ1) is 20.5. The van der Waals surface area contributed by atoms with Gasteiger partial charge in [0.25, 0.3) is 0 Å². The molecule has 2 atom stereocenters. The van der Waals surface area contributed by atoms with Gasteiger partial charge in [0.15, 0.2) is 11.5 Å². The summed E-state index contributed by atoms with van der Waals surface area (Å²) in [4.78, 5) is 13.8. The van der Waals surface area contributed by atoms with Crippen LogP contribution in [0.2, 0.25) is 0 Å². The Labute approximate surface area is 223 Å². The smallest absolute Gasteiger partial charge is 0.395 e. The summed E-state index contributed by atoms with van der Waals surface area (Å²) in [5.41, 5.74) is -4.54. The monoisotopic (exact) mass is 525 g/mol. The van der Waals surface area contributed by atoms with E-state index >= 15 is 4.39 Å². The van der Waals surface area contributed by atoms with E-state index in [2.05, 4.69) is 9.47 Å². The fourth-order valence-electron chi connectivity index (χ4n) is 4.50. The minimum Gasteiger partial charge on any atom is -0.395 e. The lowest BCUT2D eigenvalue weighted by atomic mass is 9.86. The number of aromatic nitrogens is 1. The molecule has 2 aromatic carbocycles. The molecule has 0 amide bonds. The van der Waals surface area contributed by atoms with Gasteiger partial charge >= 0.3 is 6.29 Å². The van der Waals surface area contributed by atoms with E-state index in [0.717, 1.165) is 24.3 Å². The lowest BCUT2D eigenvalue weighted by Gasteiger charge is -2.26. The number of fused-ring (bicyclic) bond motifs is 2. The van der Waals surface area contributed by atoms with E-state index in [1.54, 1.807) is 6.92 Å².